The van der Waals surface area contributed by atoms with E-state index >= 15 is 0 Å². The van der Waals surface area contributed by atoms with E-state index < -0.39 is 0 Å². The molecular formula is C15H24BrN3. The summed E-state index contributed by atoms with van der Waals surface area (Å²) in [5, 5.41) is 3.67. The summed E-state index contributed by atoms with van der Waals surface area (Å²) in [7, 11) is 0. The summed E-state index contributed by atoms with van der Waals surface area (Å²) >= 11 is 3.49. The Hall–Kier alpha value is -0.450. The molecule has 0 aromatic carbocycles. The molecule has 1 saturated heterocycles. The summed E-state index contributed by atoms with van der Waals surface area (Å²) in [6, 6.07) is 3.27. The smallest absolute Gasteiger partial charge is 0.0410 e. The van der Waals surface area contributed by atoms with Gasteiger partial charge in [-0.05, 0) is 39.9 Å². The van der Waals surface area contributed by atoms with Crippen LogP contribution in [0.3, 0.4) is 0 Å². The van der Waals surface area contributed by atoms with Gasteiger partial charge in [0.05, 0.1) is 0 Å². The average Bonchev–Trinajstić information content (AvgIpc) is 2.30. The fourth-order valence-corrected chi connectivity index (χ4v) is 2.91. The number of aromatic nitrogens is 1. The standard InChI is InChI=1S/C15H24BrN3/c1-11-6-18-14(15(2,3)4)10-19(11)9-12-5-13(16)8-17-7-12/h5,7-8,11,14,18H,6,9-10H2,1-4H3. The van der Waals surface area contributed by atoms with Gasteiger partial charge >= 0.3 is 0 Å². The van der Waals surface area contributed by atoms with E-state index in [2.05, 4.69) is 64.9 Å². The molecule has 0 radical (unpaired) electrons. The van der Waals surface area contributed by atoms with Gasteiger partial charge in [-0.1, -0.05) is 20.8 Å². The van der Waals surface area contributed by atoms with Crippen LogP contribution in [0.2, 0.25) is 0 Å². The molecule has 1 aliphatic rings. The Bertz CT molecular complexity index is 428. The van der Waals surface area contributed by atoms with Crippen LogP contribution in [0.4, 0.5) is 0 Å². The van der Waals surface area contributed by atoms with Crippen LogP contribution < -0.4 is 5.32 Å². The van der Waals surface area contributed by atoms with E-state index in [9.17, 15) is 0 Å². The Kier molecular flexibility index (Phi) is 4.64. The first-order valence-corrected chi connectivity index (χ1v) is 7.72. The Labute approximate surface area is 124 Å². The van der Waals surface area contributed by atoms with Crippen LogP contribution in [0.5, 0.6) is 0 Å². The van der Waals surface area contributed by atoms with Gasteiger partial charge in [0.25, 0.3) is 0 Å². The molecule has 0 spiro atoms. The first-order valence-electron chi connectivity index (χ1n) is 6.93. The fourth-order valence-electron chi connectivity index (χ4n) is 2.50. The van der Waals surface area contributed by atoms with Gasteiger partial charge in [-0.25, -0.2) is 0 Å². The minimum Gasteiger partial charge on any atom is -0.311 e. The summed E-state index contributed by atoms with van der Waals surface area (Å²) < 4.78 is 1.06. The van der Waals surface area contributed by atoms with Crippen LogP contribution in [-0.2, 0) is 6.54 Å². The number of nitrogens with zero attached hydrogens (tertiary/aromatic N) is 2. The third kappa shape index (κ3) is 4.01. The number of halogens is 1. The molecule has 0 bridgehead atoms. The maximum atomic E-state index is 4.25. The second kappa shape index (κ2) is 5.90. The van der Waals surface area contributed by atoms with Crippen molar-refractivity contribution in [2.45, 2.75) is 46.3 Å². The maximum absolute atomic E-state index is 4.25. The molecule has 2 unspecified atom stereocenters. The second-order valence-electron chi connectivity index (χ2n) is 6.62. The molecule has 3 nitrogen and oxygen atoms in total. The zero-order chi connectivity index (χ0) is 14.0. The third-order valence-corrected chi connectivity index (χ3v) is 4.33. The molecule has 1 fully saturated rings. The monoisotopic (exact) mass is 325 g/mol. The molecule has 1 aliphatic heterocycles. The van der Waals surface area contributed by atoms with Gasteiger partial charge in [0, 0.05) is 48.6 Å². The molecule has 2 rings (SSSR count). The van der Waals surface area contributed by atoms with Crippen molar-refractivity contribution in [2.75, 3.05) is 13.1 Å². The Balaban J connectivity index is 2.05. The molecule has 19 heavy (non-hydrogen) atoms. The molecule has 1 aromatic rings. The Morgan fingerprint density at radius 2 is 2.16 bits per heavy atom. The first kappa shape index (κ1) is 14.9. The van der Waals surface area contributed by atoms with Crippen LogP contribution in [0.25, 0.3) is 0 Å². The Morgan fingerprint density at radius 3 is 2.79 bits per heavy atom. The van der Waals surface area contributed by atoms with Crippen molar-refractivity contribution in [1.82, 2.24) is 15.2 Å². The molecule has 106 valence electrons. The van der Waals surface area contributed by atoms with Crippen molar-refractivity contribution in [2.24, 2.45) is 5.41 Å². The van der Waals surface area contributed by atoms with Crippen LogP contribution in [0.1, 0.15) is 33.3 Å². The highest BCUT2D eigenvalue weighted by Crippen LogP contribution is 2.24. The van der Waals surface area contributed by atoms with E-state index in [1.54, 1.807) is 0 Å². The van der Waals surface area contributed by atoms with Gasteiger partial charge in [0.2, 0.25) is 0 Å². The number of piperazine rings is 1. The van der Waals surface area contributed by atoms with E-state index in [1.807, 2.05) is 12.4 Å². The number of pyridine rings is 1. The third-order valence-electron chi connectivity index (χ3n) is 3.89. The van der Waals surface area contributed by atoms with E-state index in [0.29, 0.717) is 17.5 Å². The van der Waals surface area contributed by atoms with E-state index in [-0.39, 0.29) is 0 Å². The van der Waals surface area contributed by atoms with Gasteiger partial charge < -0.3 is 5.32 Å². The molecule has 0 saturated carbocycles. The van der Waals surface area contributed by atoms with Crippen LogP contribution in [0.15, 0.2) is 22.9 Å². The lowest BCUT2D eigenvalue weighted by molar-refractivity contribution is 0.0876. The van der Waals surface area contributed by atoms with Crippen molar-refractivity contribution in [3.05, 3.63) is 28.5 Å². The quantitative estimate of drug-likeness (QED) is 0.905. The predicted octanol–water partition coefficient (Wildman–Crippen LogP) is 3.05. The molecule has 0 amide bonds. The SMILES string of the molecule is CC1CNC(C(C)(C)C)CN1Cc1cncc(Br)c1. The van der Waals surface area contributed by atoms with E-state index in [4.69, 9.17) is 0 Å². The highest BCUT2D eigenvalue weighted by Gasteiger charge is 2.32. The number of hydrogen-bond donors (Lipinski definition) is 1. The molecule has 2 atom stereocenters. The normalized spacial score (nSPS) is 25.5. The van der Waals surface area contributed by atoms with E-state index in [0.717, 1.165) is 24.1 Å². The topological polar surface area (TPSA) is 28.2 Å². The lowest BCUT2D eigenvalue weighted by Crippen LogP contribution is -2.59. The zero-order valence-corrected chi connectivity index (χ0v) is 13.9. The van der Waals surface area contributed by atoms with Crippen LogP contribution in [-0.4, -0.2) is 35.1 Å². The summed E-state index contributed by atoms with van der Waals surface area (Å²) in [5.74, 6) is 0. The number of nitrogens with one attached hydrogen (secondary N) is 1. The van der Waals surface area contributed by atoms with Crippen LogP contribution in [0, 0.1) is 5.41 Å². The van der Waals surface area contributed by atoms with Crippen molar-refractivity contribution in [3.8, 4) is 0 Å². The highest BCUT2D eigenvalue weighted by atomic mass is 79.9. The summed E-state index contributed by atoms with van der Waals surface area (Å²) in [6.45, 7) is 12.3. The number of hydrogen-bond acceptors (Lipinski definition) is 3. The summed E-state index contributed by atoms with van der Waals surface area (Å²) in [5.41, 5.74) is 1.57. The van der Waals surface area contributed by atoms with Crippen molar-refractivity contribution < 1.29 is 0 Å². The number of rotatable bonds is 2. The minimum absolute atomic E-state index is 0.300. The maximum Gasteiger partial charge on any atom is 0.0410 e. The van der Waals surface area contributed by atoms with Crippen molar-refractivity contribution in [1.29, 1.82) is 0 Å². The second-order valence-corrected chi connectivity index (χ2v) is 7.53. The predicted molar refractivity (Wildman–Crippen MR) is 83.1 cm³/mol. The molecule has 1 N–H and O–H groups in total. The molecule has 4 heteroatoms. The lowest BCUT2D eigenvalue weighted by Gasteiger charge is -2.44. The molecule has 1 aromatic heterocycles. The van der Waals surface area contributed by atoms with Gasteiger partial charge in [-0.2, -0.15) is 0 Å². The van der Waals surface area contributed by atoms with Crippen LogP contribution >= 0.6 is 15.9 Å². The zero-order valence-electron chi connectivity index (χ0n) is 12.3. The average molecular weight is 326 g/mol. The van der Waals surface area contributed by atoms with Crippen molar-refractivity contribution >= 4 is 15.9 Å². The summed E-state index contributed by atoms with van der Waals surface area (Å²) in [4.78, 5) is 6.80. The van der Waals surface area contributed by atoms with Crippen molar-refractivity contribution in [3.63, 3.8) is 0 Å². The molecular weight excluding hydrogens is 302 g/mol. The first-order chi connectivity index (χ1) is 8.86. The lowest BCUT2D eigenvalue weighted by atomic mass is 9.84. The van der Waals surface area contributed by atoms with E-state index in [1.165, 1.54) is 5.56 Å². The fraction of sp³-hybridized carbons (Fsp3) is 0.667. The summed E-state index contributed by atoms with van der Waals surface area (Å²) in [6.07, 6.45) is 3.80. The minimum atomic E-state index is 0.300. The Morgan fingerprint density at radius 1 is 1.42 bits per heavy atom. The van der Waals surface area contributed by atoms with Gasteiger partial charge in [-0.15, -0.1) is 0 Å². The van der Waals surface area contributed by atoms with Gasteiger partial charge in [-0.3, -0.25) is 9.88 Å². The highest BCUT2D eigenvalue weighted by molar-refractivity contribution is 9.10. The van der Waals surface area contributed by atoms with Gasteiger partial charge in [0.15, 0.2) is 0 Å². The van der Waals surface area contributed by atoms with Gasteiger partial charge in [0.1, 0.15) is 0 Å². The molecule has 2 heterocycles. The largest absolute Gasteiger partial charge is 0.311 e. The molecule has 0 aliphatic carbocycles.